The number of anilines is 1. The summed E-state index contributed by atoms with van der Waals surface area (Å²) in [6.45, 7) is 9.52. The lowest BCUT2D eigenvalue weighted by Crippen LogP contribution is -2.46. The summed E-state index contributed by atoms with van der Waals surface area (Å²) in [6, 6.07) is 6.72. The number of benzene rings is 1. The number of rotatable bonds is 6. The molecule has 0 unspecified atom stereocenters. The average Bonchev–Trinajstić information content (AvgIpc) is 2.55. The lowest BCUT2D eigenvalue weighted by Gasteiger charge is -2.37. The predicted octanol–water partition coefficient (Wildman–Crippen LogP) is 2.99. The highest BCUT2D eigenvalue weighted by Crippen LogP contribution is 2.34. The van der Waals surface area contributed by atoms with Gasteiger partial charge in [0.15, 0.2) is 0 Å². The quantitative estimate of drug-likeness (QED) is 0.757. The molecule has 120 valence electrons. The van der Waals surface area contributed by atoms with Gasteiger partial charge in [0, 0.05) is 32.6 Å². The highest BCUT2D eigenvalue weighted by atomic mass is 16.5. The average molecular weight is 301 g/mol. The van der Waals surface area contributed by atoms with Gasteiger partial charge in [-0.1, -0.05) is 13.0 Å². The van der Waals surface area contributed by atoms with Crippen LogP contribution in [0.3, 0.4) is 0 Å². The number of hydrogen-bond donors (Lipinski definition) is 0. The maximum absolute atomic E-state index is 8.63. The molecule has 0 aromatic heterocycles. The largest absolute Gasteiger partial charge is 0.494 e. The molecule has 1 saturated heterocycles. The topological polar surface area (TPSA) is 39.5 Å². The Labute approximate surface area is 134 Å². The van der Waals surface area contributed by atoms with Crippen LogP contribution in [0.4, 0.5) is 5.69 Å². The third-order valence-corrected chi connectivity index (χ3v) is 4.40. The molecule has 1 fully saturated rings. The Morgan fingerprint density at radius 2 is 1.95 bits per heavy atom. The normalized spacial score (nSPS) is 15.6. The fourth-order valence-electron chi connectivity index (χ4n) is 3.13. The summed E-state index contributed by atoms with van der Waals surface area (Å²) >= 11 is 0. The zero-order valence-corrected chi connectivity index (χ0v) is 14.1. The Hall–Kier alpha value is -1.73. The summed E-state index contributed by atoms with van der Waals surface area (Å²) in [7, 11) is 1.76. The van der Waals surface area contributed by atoms with E-state index in [-0.39, 0.29) is 0 Å². The van der Waals surface area contributed by atoms with Crippen molar-refractivity contribution in [2.45, 2.75) is 33.1 Å². The van der Waals surface area contributed by atoms with E-state index in [1.165, 1.54) is 16.8 Å². The van der Waals surface area contributed by atoms with Gasteiger partial charge in [-0.3, -0.25) is 4.90 Å². The van der Waals surface area contributed by atoms with Crippen LogP contribution in [0.2, 0.25) is 0 Å². The van der Waals surface area contributed by atoms with Gasteiger partial charge < -0.3 is 9.64 Å². The Kier molecular flexibility index (Phi) is 6.09. The van der Waals surface area contributed by atoms with Crippen molar-refractivity contribution in [2.75, 3.05) is 44.7 Å². The fraction of sp³-hybridized carbons (Fsp3) is 0.611. The molecule has 0 N–H and O–H groups in total. The van der Waals surface area contributed by atoms with E-state index in [4.69, 9.17) is 10.00 Å². The Morgan fingerprint density at radius 3 is 2.55 bits per heavy atom. The lowest BCUT2D eigenvalue weighted by atomic mass is 10.1. The molecule has 0 bridgehead atoms. The second kappa shape index (κ2) is 8.05. The first-order valence-electron chi connectivity index (χ1n) is 8.21. The number of piperazine rings is 1. The first-order chi connectivity index (χ1) is 10.7. The van der Waals surface area contributed by atoms with Gasteiger partial charge >= 0.3 is 0 Å². The van der Waals surface area contributed by atoms with E-state index in [0.29, 0.717) is 6.42 Å². The zero-order chi connectivity index (χ0) is 15.9. The van der Waals surface area contributed by atoms with Gasteiger partial charge in [0.2, 0.25) is 0 Å². The number of ether oxygens (including phenoxy) is 1. The van der Waals surface area contributed by atoms with Crippen LogP contribution in [0.1, 0.15) is 30.9 Å². The number of aryl methyl sites for hydroxylation is 2. The van der Waals surface area contributed by atoms with E-state index in [2.05, 4.69) is 41.8 Å². The second-order valence-corrected chi connectivity index (χ2v) is 5.91. The van der Waals surface area contributed by atoms with E-state index < -0.39 is 0 Å². The van der Waals surface area contributed by atoms with Crippen LogP contribution >= 0.6 is 0 Å². The maximum atomic E-state index is 8.63. The summed E-state index contributed by atoms with van der Waals surface area (Å²) in [4.78, 5) is 4.89. The van der Waals surface area contributed by atoms with Crippen LogP contribution < -0.4 is 9.64 Å². The van der Waals surface area contributed by atoms with Gasteiger partial charge in [0.1, 0.15) is 5.75 Å². The molecule has 0 saturated carbocycles. The maximum Gasteiger partial charge on any atom is 0.145 e. The molecule has 1 aromatic carbocycles. The minimum Gasteiger partial charge on any atom is -0.494 e. The highest BCUT2D eigenvalue weighted by Gasteiger charge is 2.20. The van der Waals surface area contributed by atoms with Crippen molar-refractivity contribution in [2.24, 2.45) is 0 Å². The third-order valence-electron chi connectivity index (χ3n) is 4.40. The van der Waals surface area contributed by atoms with Crippen LogP contribution in [0.25, 0.3) is 0 Å². The number of hydrogen-bond acceptors (Lipinski definition) is 4. The SMILES string of the molecule is CCc1cc(C)c(OC)c(N2CCN(CCCC#N)CC2)c1. The van der Waals surface area contributed by atoms with Crippen molar-refractivity contribution in [3.8, 4) is 11.8 Å². The summed E-state index contributed by atoms with van der Waals surface area (Å²) < 4.78 is 5.64. The van der Waals surface area contributed by atoms with Crippen molar-refractivity contribution >= 4 is 5.69 Å². The molecule has 0 aliphatic carbocycles. The van der Waals surface area contributed by atoms with E-state index in [9.17, 15) is 0 Å². The molecule has 0 radical (unpaired) electrons. The van der Waals surface area contributed by atoms with Crippen LogP contribution in [-0.2, 0) is 6.42 Å². The van der Waals surface area contributed by atoms with Crippen molar-refractivity contribution in [1.29, 1.82) is 5.26 Å². The summed E-state index contributed by atoms with van der Waals surface area (Å²) in [5.74, 6) is 1.01. The van der Waals surface area contributed by atoms with Gasteiger partial charge in [-0.15, -0.1) is 0 Å². The molecule has 1 aliphatic heterocycles. The van der Waals surface area contributed by atoms with E-state index in [0.717, 1.165) is 51.3 Å². The minimum atomic E-state index is 0.659. The summed E-state index contributed by atoms with van der Waals surface area (Å²) in [6.07, 6.45) is 2.68. The molecule has 0 spiro atoms. The van der Waals surface area contributed by atoms with Crippen LogP contribution in [0.5, 0.6) is 5.75 Å². The first kappa shape index (κ1) is 16.6. The molecule has 4 nitrogen and oxygen atoms in total. The van der Waals surface area contributed by atoms with Crippen molar-refractivity contribution < 1.29 is 4.74 Å². The van der Waals surface area contributed by atoms with Crippen molar-refractivity contribution in [3.05, 3.63) is 23.3 Å². The van der Waals surface area contributed by atoms with Gasteiger partial charge in [0.25, 0.3) is 0 Å². The lowest BCUT2D eigenvalue weighted by molar-refractivity contribution is 0.255. The van der Waals surface area contributed by atoms with Crippen molar-refractivity contribution in [3.63, 3.8) is 0 Å². The van der Waals surface area contributed by atoms with Crippen LogP contribution in [-0.4, -0.2) is 44.7 Å². The molecular weight excluding hydrogens is 274 g/mol. The Morgan fingerprint density at radius 1 is 1.23 bits per heavy atom. The molecule has 0 amide bonds. The molecule has 0 atom stereocenters. The van der Waals surface area contributed by atoms with Crippen molar-refractivity contribution in [1.82, 2.24) is 4.90 Å². The fourth-order valence-corrected chi connectivity index (χ4v) is 3.13. The monoisotopic (exact) mass is 301 g/mol. The number of unbranched alkanes of at least 4 members (excludes halogenated alkanes) is 1. The molecule has 2 rings (SSSR count). The minimum absolute atomic E-state index is 0.659. The Balaban J connectivity index is 2.04. The highest BCUT2D eigenvalue weighted by molar-refractivity contribution is 5.63. The van der Waals surface area contributed by atoms with Gasteiger partial charge in [-0.05, 0) is 43.5 Å². The number of nitriles is 1. The predicted molar refractivity (Wildman–Crippen MR) is 90.6 cm³/mol. The summed E-state index contributed by atoms with van der Waals surface area (Å²) in [5, 5.41) is 8.63. The van der Waals surface area contributed by atoms with E-state index in [1.54, 1.807) is 7.11 Å². The van der Waals surface area contributed by atoms with Crippen LogP contribution in [0.15, 0.2) is 12.1 Å². The van der Waals surface area contributed by atoms with Gasteiger partial charge in [-0.2, -0.15) is 5.26 Å². The standard InChI is InChI=1S/C18H27N3O/c1-4-16-13-15(2)18(22-3)17(14-16)21-11-9-20(10-12-21)8-6-5-7-19/h13-14H,4-6,8-12H2,1-3H3. The van der Waals surface area contributed by atoms with Gasteiger partial charge in [-0.25, -0.2) is 0 Å². The van der Waals surface area contributed by atoms with Crippen LogP contribution in [0, 0.1) is 18.3 Å². The zero-order valence-electron chi connectivity index (χ0n) is 14.1. The summed E-state index contributed by atoms with van der Waals surface area (Å²) in [5.41, 5.74) is 3.81. The number of methoxy groups -OCH3 is 1. The molecule has 1 aromatic rings. The first-order valence-corrected chi connectivity index (χ1v) is 8.21. The molecule has 1 heterocycles. The third kappa shape index (κ3) is 3.92. The molecule has 1 aliphatic rings. The van der Waals surface area contributed by atoms with E-state index >= 15 is 0 Å². The van der Waals surface area contributed by atoms with E-state index in [1.807, 2.05) is 0 Å². The molecular formula is C18H27N3O. The smallest absolute Gasteiger partial charge is 0.145 e. The van der Waals surface area contributed by atoms with Gasteiger partial charge in [0.05, 0.1) is 18.9 Å². The second-order valence-electron chi connectivity index (χ2n) is 5.91. The molecule has 22 heavy (non-hydrogen) atoms. The Bertz CT molecular complexity index is 528. The molecule has 4 heteroatoms. The number of nitrogens with zero attached hydrogens (tertiary/aromatic N) is 3.